The second-order valence-corrected chi connectivity index (χ2v) is 10.5. The Morgan fingerprint density at radius 2 is 1.39 bits per heavy atom. The van der Waals surface area contributed by atoms with Crippen LogP contribution in [-0.4, -0.2) is 4.40 Å². The molecule has 0 saturated carbocycles. The zero-order chi connectivity index (χ0) is 25.1. The van der Waals surface area contributed by atoms with Gasteiger partial charge < -0.3 is 4.42 Å². The third-order valence-electron chi connectivity index (χ3n) is 8.50. The molecule has 0 bridgehead atoms. The highest BCUT2D eigenvalue weighted by Crippen LogP contribution is 2.40. The quantitative estimate of drug-likeness (QED) is 0.155. The van der Waals surface area contributed by atoms with Gasteiger partial charge in [-0.25, -0.2) is 4.57 Å². The Hall–Kier alpha value is -4.89. The Kier molecular flexibility index (Phi) is 3.67. The summed E-state index contributed by atoms with van der Waals surface area (Å²) in [6, 6.07) is 37.3. The second-order valence-electron chi connectivity index (χ2n) is 10.5. The van der Waals surface area contributed by atoms with E-state index < -0.39 is 0 Å². The number of rotatable bonds is 0. The van der Waals surface area contributed by atoms with Gasteiger partial charge in [0.2, 0.25) is 0 Å². The van der Waals surface area contributed by atoms with E-state index in [4.69, 9.17) is 4.42 Å². The SMILES string of the molecule is Cc1cccc2c3ccccc3n3c4c5c(ccc4[n+](C)c3c12)oc1cc2c(ccc3ccccc32)cc15. The van der Waals surface area contributed by atoms with E-state index in [9.17, 15) is 0 Å². The van der Waals surface area contributed by atoms with Gasteiger partial charge in [0.05, 0.1) is 17.8 Å². The van der Waals surface area contributed by atoms with Crippen molar-refractivity contribution in [3.05, 3.63) is 109 Å². The maximum atomic E-state index is 6.58. The zero-order valence-electron chi connectivity index (χ0n) is 21.1. The van der Waals surface area contributed by atoms with Crippen molar-refractivity contribution in [3.63, 3.8) is 0 Å². The van der Waals surface area contributed by atoms with Crippen molar-refractivity contribution in [2.45, 2.75) is 6.92 Å². The van der Waals surface area contributed by atoms with Crippen molar-refractivity contribution < 1.29 is 8.98 Å². The summed E-state index contributed by atoms with van der Waals surface area (Å²) in [5, 5.41) is 11.1. The van der Waals surface area contributed by atoms with Crippen LogP contribution in [0.25, 0.3) is 81.8 Å². The molecule has 38 heavy (non-hydrogen) atoms. The smallest absolute Gasteiger partial charge is 0.295 e. The van der Waals surface area contributed by atoms with E-state index in [1.54, 1.807) is 0 Å². The Labute approximate surface area is 217 Å². The molecular weight excluding hydrogens is 464 g/mol. The molecule has 0 spiro atoms. The predicted octanol–water partition coefficient (Wildman–Crippen LogP) is 8.74. The molecular formula is C35H23N2O+. The third kappa shape index (κ3) is 2.37. The molecule has 0 radical (unpaired) electrons. The van der Waals surface area contributed by atoms with Gasteiger partial charge in [0.25, 0.3) is 5.65 Å². The van der Waals surface area contributed by atoms with E-state index in [1.807, 2.05) is 0 Å². The molecule has 0 aliphatic heterocycles. The second kappa shape index (κ2) is 6.90. The number of pyridine rings is 1. The number of hydrogen-bond acceptors (Lipinski definition) is 1. The number of hydrogen-bond donors (Lipinski definition) is 0. The van der Waals surface area contributed by atoms with Gasteiger partial charge in [0, 0.05) is 16.2 Å². The fourth-order valence-corrected chi connectivity index (χ4v) is 6.81. The van der Waals surface area contributed by atoms with Crippen molar-refractivity contribution in [1.29, 1.82) is 0 Å². The van der Waals surface area contributed by atoms with Gasteiger partial charge in [-0.3, -0.25) is 0 Å². The van der Waals surface area contributed by atoms with E-state index in [0.717, 1.165) is 16.6 Å². The summed E-state index contributed by atoms with van der Waals surface area (Å²) in [7, 11) is 2.19. The van der Waals surface area contributed by atoms with Crippen LogP contribution in [-0.2, 0) is 7.05 Å². The number of aryl methyl sites for hydroxylation is 2. The summed E-state index contributed by atoms with van der Waals surface area (Å²) in [6.45, 7) is 2.22. The minimum absolute atomic E-state index is 0.918. The Balaban J connectivity index is 1.57. The Bertz CT molecular complexity index is 2480. The number of aromatic nitrogens is 2. The van der Waals surface area contributed by atoms with Crippen molar-refractivity contribution >= 4 is 81.8 Å². The first kappa shape index (κ1) is 20.2. The molecule has 3 aromatic heterocycles. The van der Waals surface area contributed by atoms with Crippen LogP contribution >= 0.6 is 0 Å². The van der Waals surface area contributed by atoms with Crippen LogP contribution in [0.4, 0.5) is 0 Å². The van der Waals surface area contributed by atoms with E-state index >= 15 is 0 Å². The fourth-order valence-electron chi connectivity index (χ4n) is 6.81. The van der Waals surface area contributed by atoms with Gasteiger partial charge in [-0.15, -0.1) is 0 Å². The van der Waals surface area contributed by atoms with Crippen LogP contribution < -0.4 is 4.57 Å². The topological polar surface area (TPSA) is 21.4 Å². The van der Waals surface area contributed by atoms with Crippen LogP contribution in [0.2, 0.25) is 0 Å². The van der Waals surface area contributed by atoms with Gasteiger partial charge >= 0.3 is 0 Å². The summed E-state index contributed by atoms with van der Waals surface area (Å²) < 4.78 is 11.4. The maximum absolute atomic E-state index is 6.58. The summed E-state index contributed by atoms with van der Waals surface area (Å²) >= 11 is 0. The van der Waals surface area contributed by atoms with Gasteiger partial charge in [0.15, 0.2) is 11.0 Å². The minimum Gasteiger partial charge on any atom is -0.456 e. The van der Waals surface area contributed by atoms with Crippen LogP contribution in [0, 0.1) is 6.92 Å². The van der Waals surface area contributed by atoms with Gasteiger partial charge in [-0.1, -0.05) is 72.8 Å². The zero-order valence-corrected chi connectivity index (χ0v) is 21.1. The molecule has 6 aromatic carbocycles. The van der Waals surface area contributed by atoms with Crippen molar-refractivity contribution in [1.82, 2.24) is 4.40 Å². The van der Waals surface area contributed by atoms with Crippen LogP contribution in [0.15, 0.2) is 108 Å². The lowest BCUT2D eigenvalue weighted by Gasteiger charge is -2.07. The molecule has 0 fully saturated rings. The molecule has 9 rings (SSSR count). The molecule has 9 aromatic rings. The highest BCUT2D eigenvalue weighted by molar-refractivity contribution is 6.23. The molecule has 0 atom stereocenters. The molecule has 3 heteroatoms. The number of para-hydroxylation sites is 1. The van der Waals surface area contributed by atoms with Crippen LogP contribution in [0.1, 0.15) is 5.56 Å². The van der Waals surface area contributed by atoms with E-state index in [-0.39, 0.29) is 0 Å². The lowest BCUT2D eigenvalue weighted by molar-refractivity contribution is -0.617. The summed E-state index contributed by atoms with van der Waals surface area (Å²) in [5.41, 5.74) is 7.93. The van der Waals surface area contributed by atoms with Crippen LogP contribution in [0.3, 0.4) is 0 Å². The average molecular weight is 488 g/mol. The normalized spacial score (nSPS) is 12.5. The molecule has 178 valence electrons. The fraction of sp³-hybridized carbons (Fsp3) is 0.0571. The number of furan rings is 1. The van der Waals surface area contributed by atoms with Gasteiger partial charge in [-0.05, 0) is 64.4 Å². The van der Waals surface area contributed by atoms with Crippen molar-refractivity contribution in [3.8, 4) is 0 Å². The van der Waals surface area contributed by atoms with Crippen molar-refractivity contribution in [2.75, 3.05) is 0 Å². The highest BCUT2D eigenvalue weighted by atomic mass is 16.3. The standard InChI is InChI=1S/C35H23N2O/c1-20-8-7-12-25-24-11-5-6-13-28(24)37-34-29(36(2)35(37)32(20)25)16-17-30-33(34)27-18-22-15-14-21-9-3-4-10-23(21)26(22)19-31(27)38-30/h3-19H,1-2H3/q+1. The predicted molar refractivity (Wildman–Crippen MR) is 158 cm³/mol. The molecule has 0 saturated heterocycles. The molecule has 0 N–H and O–H groups in total. The first-order chi connectivity index (χ1) is 18.7. The van der Waals surface area contributed by atoms with Gasteiger partial charge in [0.1, 0.15) is 16.7 Å². The molecule has 0 aliphatic carbocycles. The number of imidazole rings is 1. The van der Waals surface area contributed by atoms with E-state index in [1.165, 1.54) is 70.9 Å². The molecule has 3 heterocycles. The van der Waals surface area contributed by atoms with Crippen LogP contribution in [0.5, 0.6) is 0 Å². The Morgan fingerprint density at radius 1 is 0.605 bits per heavy atom. The summed E-state index contributed by atoms with van der Waals surface area (Å²) in [5.74, 6) is 0. The molecule has 0 amide bonds. The lowest BCUT2D eigenvalue weighted by Crippen LogP contribution is -2.27. The van der Waals surface area contributed by atoms with Gasteiger partial charge in [-0.2, -0.15) is 4.40 Å². The first-order valence-electron chi connectivity index (χ1n) is 13.1. The Morgan fingerprint density at radius 3 is 2.32 bits per heavy atom. The molecule has 0 unspecified atom stereocenters. The maximum Gasteiger partial charge on any atom is 0.295 e. The van der Waals surface area contributed by atoms with E-state index in [2.05, 4.69) is 126 Å². The molecule has 3 nitrogen and oxygen atoms in total. The number of fused-ring (bicyclic) bond motifs is 15. The lowest BCUT2D eigenvalue weighted by atomic mass is 9.99. The third-order valence-corrected chi connectivity index (χ3v) is 8.50. The number of nitrogens with zero attached hydrogens (tertiary/aromatic N) is 2. The minimum atomic E-state index is 0.918. The van der Waals surface area contributed by atoms with Crippen molar-refractivity contribution in [2.24, 2.45) is 7.05 Å². The largest absolute Gasteiger partial charge is 0.456 e. The van der Waals surface area contributed by atoms with E-state index in [0.29, 0.717) is 0 Å². The highest BCUT2D eigenvalue weighted by Gasteiger charge is 2.27. The monoisotopic (exact) mass is 487 g/mol. The summed E-state index contributed by atoms with van der Waals surface area (Å²) in [6.07, 6.45) is 0. The average Bonchev–Trinajstić information content (AvgIpc) is 3.46. The first-order valence-corrected chi connectivity index (χ1v) is 13.1. The molecule has 0 aliphatic rings. The number of benzene rings is 6. The summed E-state index contributed by atoms with van der Waals surface area (Å²) in [4.78, 5) is 0.